The van der Waals surface area contributed by atoms with E-state index in [1.165, 1.54) is 11.8 Å². The molecule has 0 spiro atoms. The van der Waals surface area contributed by atoms with Crippen LogP contribution in [0.1, 0.15) is 6.92 Å². The second kappa shape index (κ2) is 5.97. The van der Waals surface area contributed by atoms with Gasteiger partial charge in [-0.3, -0.25) is 14.5 Å². The molecule has 0 saturated carbocycles. The van der Waals surface area contributed by atoms with E-state index < -0.39 is 0 Å². The van der Waals surface area contributed by atoms with Crippen LogP contribution in [0.25, 0.3) is 0 Å². The summed E-state index contributed by atoms with van der Waals surface area (Å²) in [6.07, 6.45) is 0. The Morgan fingerprint density at radius 2 is 2.06 bits per heavy atom. The second-order valence-electron chi connectivity index (χ2n) is 4.44. The zero-order valence-electron chi connectivity index (χ0n) is 10.7. The summed E-state index contributed by atoms with van der Waals surface area (Å²) in [5.41, 5.74) is 0. The van der Waals surface area contributed by atoms with Crippen molar-refractivity contribution in [3.05, 3.63) is 0 Å². The van der Waals surface area contributed by atoms with E-state index in [2.05, 4.69) is 0 Å². The third-order valence-electron chi connectivity index (χ3n) is 3.19. The fourth-order valence-electron chi connectivity index (χ4n) is 1.94. The van der Waals surface area contributed by atoms with Gasteiger partial charge in [-0.2, -0.15) is 0 Å². The van der Waals surface area contributed by atoms with Crippen LogP contribution in [0.15, 0.2) is 0 Å². The summed E-state index contributed by atoms with van der Waals surface area (Å²) in [4.78, 5) is 28.6. The molecule has 98 valence electrons. The quantitative estimate of drug-likeness (QED) is 0.662. The second-order valence-corrected chi connectivity index (χ2v) is 4.44. The fraction of sp³-hybridized carbons (Fsp3) is 0.818. The Balaban J connectivity index is 2.66. The molecule has 1 aliphatic heterocycles. The first-order chi connectivity index (χ1) is 7.97. The molecule has 0 aliphatic carbocycles. The van der Waals surface area contributed by atoms with Crippen molar-refractivity contribution >= 4 is 11.8 Å². The van der Waals surface area contributed by atoms with Gasteiger partial charge < -0.3 is 14.9 Å². The molecule has 0 bridgehead atoms. The summed E-state index contributed by atoms with van der Waals surface area (Å²) in [5.74, 6) is -0.0480. The van der Waals surface area contributed by atoms with Crippen LogP contribution >= 0.6 is 0 Å². The standard InChI is InChI=1S/C11H21N3O3/c1-9(16)14-5-4-12(2)10(8-14)11(17)13(3)6-7-15/h10,15H,4-8H2,1-3H3/t10-/m1/s1. The molecular formula is C11H21N3O3. The van der Waals surface area contributed by atoms with E-state index >= 15 is 0 Å². The maximum Gasteiger partial charge on any atom is 0.241 e. The average Bonchev–Trinajstić information content (AvgIpc) is 2.28. The highest BCUT2D eigenvalue weighted by Crippen LogP contribution is 2.10. The lowest BCUT2D eigenvalue weighted by Gasteiger charge is -2.39. The topological polar surface area (TPSA) is 64.1 Å². The highest BCUT2D eigenvalue weighted by Gasteiger charge is 2.32. The van der Waals surface area contributed by atoms with Crippen molar-refractivity contribution in [2.75, 3.05) is 46.9 Å². The minimum atomic E-state index is -0.302. The summed E-state index contributed by atoms with van der Waals surface area (Å²) in [6, 6.07) is -0.302. The van der Waals surface area contributed by atoms with Gasteiger partial charge in [0.25, 0.3) is 0 Å². The van der Waals surface area contributed by atoms with Gasteiger partial charge in [0.05, 0.1) is 6.61 Å². The summed E-state index contributed by atoms with van der Waals surface area (Å²) < 4.78 is 0. The molecule has 6 heteroatoms. The first-order valence-electron chi connectivity index (χ1n) is 5.79. The molecule has 17 heavy (non-hydrogen) atoms. The molecule has 0 unspecified atom stereocenters. The smallest absolute Gasteiger partial charge is 0.241 e. The minimum absolute atomic E-state index is 0.000659. The summed E-state index contributed by atoms with van der Waals surface area (Å²) in [7, 11) is 3.55. The molecule has 0 aromatic heterocycles. The molecule has 1 fully saturated rings. The summed E-state index contributed by atoms with van der Waals surface area (Å²) in [5, 5.41) is 8.82. The molecule has 6 nitrogen and oxygen atoms in total. The molecular weight excluding hydrogens is 222 g/mol. The number of nitrogens with zero attached hydrogens (tertiary/aromatic N) is 3. The van der Waals surface area contributed by atoms with Crippen LogP contribution in [-0.4, -0.2) is 84.5 Å². The number of carbonyl (C=O) groups is 2. The van der Waals surface area contributed by atoms with Crippen LogP contribution in [0.3, 0.4) is 0 Å². The molecule has 0 radical (unpaired) electrons. The van der Waals surface area contributed by atoms with Crippen LogP contribution in [0, 0.1) is 0 Å². The monoisotopic (exact) mass is 243 g/mol. The maximum atomic E-state index is 12.1. The van der Waals surface area contributed by atoms with Gasteiger partial charge in [0.15, 0.2) is 0 Å². The van der Waals surface area contributed by atoms with Gasteiger partial charge >= 0.3 is 0 Å². The van der Waals surface area contributed by atoms with E-state index in [1.807, 2.05) is 11.9 Å². The van der Waals surface area contributed by atoms with Crippen molar-refractivity contribution in [3.8, 4) is 0 Å². The number of hydrogen-bond donors (Lipinski definition) is 1. The van der Waals surface area contributed by atoms with Gasteiger partial charge in [0.1, 0.15) is 6.04 Å². The third-order valence-corrected chi connectivity index (χ3v) is 3.19. The Morgan fingerprint density at radius 1 is 1.41 bits per heavy atom. The van der Waals surface area contributed by atoms with Crippen molar-refractivity contribution in [3.63, 3.8) is 0 Å². The maximum absolute atomic E-state index is 12.1. The van der Waals surface area contributed by atoms with E-state index in [-0.39, 0.29) is 24.5 Å². The number of rotatable bonds is 3. The molecule has 1 N–H and O–H groups in total. The number of carbonyl (C=O) groups excluding carboxylic acids is 2. The molecule has 2 amide bonds. The van der Waals surface area contributed by atoms with Crippen LogP contribution in [0.4, 0.5) is 0 Å². The fourth-order valence-corrected chi connectivity index (χ4v) is 1.94. The zero-order valence-corrected chi connectivity index (χ0v) is 10.7. The van der Waals surface area contributed by atoms with E-state index in [0.717, 1.165) is 0 Å². The van der Waals surface area contributed by atoms with Crippen molar-refractivity contribution in [1.82, 2.24) is 14.7 Å². The molecule has 1 rings (SSSR count). The van der Waals surface area contributed by atoms with E-state index in [1.54, 1.807) is 11.9 Å². The van der Waals surface area contributed by atoms with Gasteiger partial charge in [0.2, 0.25) is 11.8 Å². The van der Waals surface area contributed by atoms with Crippen molar-refractivity contribution < 1.29 is 14.7 Å². The minimum Gasteiger partial charge on any atom is -0.395 e. The highest BCUT2D eigenvalue weighted by atomic mass is 16.3. The lowest BCUT2D eigenvalue weighted by Crippen LogP contribution is -2.58. The number of piperazine rings is 1. The molecule has 1 aliphatic rings. The lowest BCUT2D eigenvalue weighted by atomic mass is 10.1. The number of hydrogen-bond acceptors (Lipinski definition) is 4. The largest absolute Gasteiger partial charge is 0.395 e. The Hall–Kier alpha value is -1.14. The Labute approximate surface area is 102 Å². The first-order valence-corrected chi connectivity index (χ1v) is 5.79. The van der Waals surface area contributed by atoms with Gasteiger partial charge in [-0.1, -0.05) is 0 Å². The predicted molar refractivity (Wildman–Crippen MR) is 63.4 cm³/mol. The predicted octanol–water partition coefficient (Wildman–Crippen LogP) is -1.40. The summed E-state index contributed by atoms with van der Waals surface area (Å²) in [6.45, 7) is 3.59. The van der Waals surface area contributed by atoms with Crippen LogP contribution in [0.5, 0.6) is 0 Å². The SMILES string of the molecule is CC(=O)N1CCN(C)[C@@H](C(=O)N(C)CCO)C1. The Kier molecular flexibility index (Phi) is 4.89. The van der Waals surface area contributed by atoms with Crippen molar-refractivity contribution in [2.45, 2.75) is 13.0 Å². The molecule has 1 saturated heterocycles. The van der Waals surface area contributed by atoms with E-state index in [0.29, 0.717) is 26.2 Å². The van der Waals surface area contributed by atoms with Crippen molar-refractivity contribution in [2.24, 2.45) is 0 Å². The number of aliphatic hydroxyl groups is 1. The lowest BCUT2D eigenvalue weighted by molar-refractivity contribution is -0.141. The van der Waals surface area contributed by atoms with Gasteiger partial charge in [0, 0.05) is 40.2 Å². The Bertz CT molecular complexity index is 296. The molecule has 0 aromatic rings. The van der Waals surface area contributed by atoms with Gasteiger partial charge in [-0.05, 0) is 7.05 Å². The average molecular weight is 243 g/mol. The van der Waals surface area contributed by atoms with Crippen LogP contribution < -0.4 is 0 Å². The third kappa shape index (κ3) is 3.41. The molecule has 1 atom stereocenters. The van der Waals surface area contributed by atoms with Gasteiger partial charge in [-0.15, -0.1) is 0 Å². The Morgan fingerprint density at radius 3 is 2.59 bits per heavy atom. The zero-order chi connectivity index (χ0) is 13.0. The van der Waals surface area contributed by atoms with Crippen LogP contribution in [-0.2, 0) is 9.59 Å². The van der Waals surface area contributed by atoms with E-state index in [9.17, 15) is 9.59 Å². The number of likely N-dealkylation sites (N-methyl/N-ethyl adjacent to an activating group) is 2. The first kappa shape index (κ1) is 13.9. The van der Waals surface area contributed by atoms with Crippen molar-refractivity contribution in [1.29, 1.82) is 0 Å². The van der Waals surface area contributed by atoms with E-state index in [4.69, 9.17) is 5.11 Å². The summed E-state index contributed by atoms with van der Waals surface area (Å²) >= 11 is 0. The normalized spacial score (nSPS) is 21.4. The van der Waals surface area contributed by atoms with Crippen LogP contribution in [0.2, 0.25) is 0 Å². The number of aliphatic hydroxyl groups excluding tert-OH is 1. The molecule has 1 heterocycles. The highest BCUT2D eigenvalue weighted by molar-refractivity contribution is 5.83. The number of amides is 2. The van der Waals surface area contributed by atoms with Gasteiger partial charge in [-0.25, -0.2) is 0 Å². The molecule has 0 aromatic carbocycles.